The van der Waals surface area contributed by atoms with E-state index in [0.717, 1.165) is 36.1 Å². The lowest BCUT2D eigenvalue weighted by molar-refractivity contribution is -0.143. The van der Waals surface area contributed by atoms with Gasteiger partial charge < -0.3 is 19.1 Å². The Morgan fingerprint density at radius 2 is 1.66 bits per heavy atom. The highest BCUT2D eigenvalue weighted by molar-refractivity contribution is 6.05. The summed E-state index contributed by atoms with van der Waals surface area (Å²) in [6.45, 7) is 8.41. The van der Waals surface area contributed by atoms with Crippen molar-refractivity contribution in [1.29, 1.82) is 0 Å². The number of amides is 1. The molecule has 1 aliphatic rings. The zero-order valence-electron chi connectivity index (χ0n) is 26.1. The van der Waals surface area contributed by atoms with Crippen molar-refractivity contribution in [2.75, 3.05) is 18.6 Å². The quantitative estimate of drug-likeness (QED) is 0.147. The zero-order valence-corrected chi connectivity index (χ0v) is 26.1. The number of ether oxygens (including phenoxy) is 3. The predicted molar refractivity (Wildman–Crippen MR) is 172 cm³/mol. The molecule has 228 valence electrons. The molecular weight excluding hydrogens is 552 g/mol. The summed E-state index contributed by atoms with van der Waals surface area (Å²) < 4.78 is 17.1. The van der Waals surface area contributed by atoms with Gasteiger partial charge in [-0.05, 0) is 105 Å². The molecule has 0 spiro atoms. The van der Waals surface area contributed by atoms with Crippen molar-refractivity contribution < 1.29 is 23.8 Å². The number of nitrogens with zero attached hydrogens (tertiary/aromatic N) is 2. The molecule has 3 aromatic carbocycles. The Kier molecular flexibility index (Phi) is 9.33. The van der Waals surface area contributed by atoms with Crippen LogP contribution in [0.15, 0.2) is 85.1 Å². The minimum absolute atomic E-state index is 0.182. The number of hydrogen-bond donors (Lipinski definition) is 0. The second-order valence-corrected chi connectivity index (χ2v) is 12.1. The molecule has 7 heteroatoms. The molecule has 0 aliphatic heterocycles. The van der Waals surface area contributed by atoms with Crippen LogP contribution in [0.1, 0.15) is 72.8 Å². The maximum atomic E-state index is 13.8. The standard InChI is InChI=1S/C37H40N2O5/c1-6-39(35(40)33-19-17-31(23-38-33)43-24-25-10-8-7-9-11-25)34-22-29(42-5)16-18-32(34)28-13-12-27-21-30(15-14-26(27)20-28)44-36(41)37(2,3)4/h7-11,14-19,21-23,28H,6,12-13,20,24H2,1-5H3. The molecule has 1 heterocycles. The van der Waals surface area contributed by atoms with Gasteiger partial charge in [0.05, 0.1) is 24.4 Å². The van der Waals surface area contributed by atoms with Crippen LogP contribution in [0.4, 0.5) is 5.69 Å². The van der Waals surface area contributed by atoms with Crippen LogP contribution in [0.3, 0.4) is 0 Å². The van der Waals surface area contributed by atoms with E-state index >= 15 is 0 Å². The topological polar surface area (TPSA) is 78.0 Å². The summed E-state index contributed by atoms with van der Waals surface area (Å²) in [6.07, 6.45) is 4.17. The summed E-state index contributed by atoms with van der Waals surface area (Å²) in [6, 6.07) is 25.3. The van der Waals surface area contributed by atoms with Gasteiger partial charge in [0, 0.05) is 12.6 Å². The molecule has 0 fully saturated rings. The maximum absolute atomic E-state index is 13.8. The number of rotatable bonds is 9. The largest absolute Gasteiger partial charge is 0.497 e. The zero-order chi connectivity index (χ0) is 31.3. The number of carbonyl (C=O) groups excluding carboxylic acids is 2. The van der Waals surface area contributed by atoms with Crippen molar-refractivity contribution in [2.45, 2.75) is 59.5 Å². The second-order valence-electron chi connectivity index (χ2n) is 12.1. The molecule has 0 bridgehead atoms. The number of aryl methyl sites for hydroxylation is 1. The highest BCUT2D eigenvalue weighted by Gasteiger charge is 2.28. The van der Waals surface area contributed by atoms with Crippen LogP contribution in [-0.4, -0.2) is 30.5 Å². The molecule has 0 saturated carbocycles. The van der Waals surface area contributed by atoms with Gasteiger partial charge in [-0.25, -0.2) is 4.98 Å². The van der Waals surface area contributed by atoms with Gasteiger partial charge in [0.15, 0.2) is 0 Å². The van der Waals surface area contributed by atoms with Crippen molar-refractivity contribution in [1.82, 2.24) is 4.98 Å². The lowest BCUT2D eigenvalue weighted by atomic mass is 9.79. The van der Waals surface area contributed by atoms with Crippen molar-refractivity contribution in [3.05, 3.63) is 113 Å². The summed E-state index contributed by atoms with van der Waals surface area (Å²) in [4.78, 5) is 32.5. The van der Waals surface area contributed by atoms with E-state index in [2.05, 4.69) is 17.1 Å². The van der Waals surface area contributed by atoms with Crippen LogP contribution in [-0.2, 0) is 24.2 Å². The van der Waals surface area contributed by atoms with Gasteiger partial charge in [-0.3, -0.25) is 9.59 Å². The van der Waals surface area contributed by atoms with E-state index in [1.807, 2.05) is 82.3 Å². The smallest absolute Gasteiger partial charge is 0.316 e. The van der Waals surface area contributed by atoms with Gasteiger partial charge in [-0.2, -0.15) is 0 Å². The first-order chi connectivity index (χ1) is 21.2. The van der Waals surface area contributed by atoms with Crippen molar-refractivity contribution in [3.63, 3.8) is 0 Å². The van der Waals surface area contributed by atoms with Crippen LogP contribution in [0.5, 0.6) is 17.2 Å². The number of anilines is 1. The molecule has 1 unspecified atom stereocenters. The lowest BCUT2D eigenvalue weighted by Crippen LogP contribution is -2.32. The molecule has 0 N–H and O–H groups in total. The highest BCUT2D eigenvalue weighted by atomic mass is 16.5. The number of fused-ring (bicyclic) bond motifs is 1. The molecule has 4 aromatic rings. The molecule has 1 atom stereocenters. The van der Waals surface area contributed by atoms with E-state index in [0.29, 0.717) is 36.1 Å². The average Bonchev–Trinajstić information content (AvgIpc) is 3.04. The third kappa shape index (κ3) is 7.10. The Hall–Kier alpha value is -4.65. The van der Waals surface area contributed by atoms with Crippen LogP contribution >= 0.6 is 0 Å². The van der Waals surface area contributed by atoms with Crippen LogP contribution in [0.2, 0.25) is 0 Å². The Labute approximate surface area is 259 Å². The van der Waals surface area contributed by atoms with Crippen molar-refractivity contribution in [2.24, 2.45) is 5.41 Å². The maximum Gasteiger partial charge on any atom is 0.316 e. The number of hydrogen-bond acceptors (Lipinski definition) is 6. The summed E-state index contributed by atoms with van der Waals surface area (Å²) in [5.74, 6) is 1.65. The third-order valence-electron chi connectivity index (χ3n) is 7.96. The fourth-order valence-corrected chi connectivity index (χ4v) is 5.44. The number of esters is 1. The number of carbonyl (C=O) groups is 2. The average molecular weight is 593 g/mol. The van der Waals surface area contributed by atoms with Gasteiger partial charge in [-0.1, -0.05) is 42.5 Å². The van der Waals surface area contributed by atoms with Gasteiger partial charge >= 0.3 is 5.97 Å². The first kappa shape index (κ1) is 30.8. The Morgan fingerprint density at radius 3 is 2.34 bits per heavy atom. The summed E-state index contributed by atoms with van der Waals surface area (Å²) >= 11 is 0. The molecule has 0 saturated heterocycles. The van der Waals surface area contributed by atoms with Gasteiger partial charge in [0.1, 0.15) is 29.5 Å². The fraction of sp³-hybridized carbons (Fsp3) is 0.324. The molecule has 1 aromatic heterocycles. The van der Waals surface area contributed by atoms with E-state index in [-0.39, 0.29) is 17.8 Å². The number of methoxy groups -OCH3 is 1. The summed E-state index contributed by atoms with van der Waals surface area (Å²) in [5, 5.41) is 0. The fourth-order valence-electron chi connectivity index (χ4n) is 5.44. The van der Waals surface area contributed by atoms with Crippen LogP contribution < -0.4 is 19.1 Å². The van der Waals surface area contributed by atoms with Gasteiger partial charge in [0.2, 0.25) is 0 Å². The number of aromatic nitrogens is 1. The first-order valence-electron chi connectivity index (χ1n) is 15.1. The molecule has 1 aliphatic carbocycles. The predicted octanol–water partition coefficient (Wildman–Crippen LogP) is 7.56. The monoisotopic (exact) mass is 592 g/mol. The van der Waals surface area contributed by atoms with Gasteiger partial charge in [-0.15, -0.1) is 0 Å². The molecular formula is C37H40N2O5. The van der Waals surface area contributed by atoms with Crippen molar-refractivity contribution >= 4 is 17.6 Å². The van der Waals surface area contributed by atoms with E-state index in [1.54, 1.807) is 30.3 Å². The molecule has 7 nitrogen and oxygen atoms in total. The highest BCUT2D eigenvalue weighted by Crippen LogP contribution is 2.40. The minimum atomic E-state index is -0.567. The molecule has 44 heavy (non-hydrogen) atoms. The van der Waals surface area contributed by atoms with Crippen LogP contribution in [0.25, 0.3) is 0 Å². The van der Waals surface area contributed by atoms with E-state index < -0.39 is 5.41 Å². The Morgan fingerprint density at radius 1 is 0.909 bits per heavy atom. The normalized spacial score (nSPS) is 14.3. The SMILES string of the molecule is CCN(C(=O)c1ccc(OCc2ccccc2)cn1)c1cc(OC)ccc1C1CCc2cc(OC(=O)C(C)(C)C)ccc2C1. The minimum Gasteiger partial charge on any atom is -0.497 e. The molecule has 5 rings (SSSR count). The van der Waals surface area contributed by atoms with Crippen LogP contribution in [0, 0.1) is 5.41 Å². The van der Waals surface area contributed by atoms with Crippen molar-refractivity contribution in [3.8, 4) is 17.2 Å². The molecule has 0 radical (unpaired) electrons. The van der Waals surface area contributed by atoms with E-state index in [4.69, 9.17) is 14.2 Å². The van der Waals surface area contributed by atoms with E-state index in [1.165, 1.54) is 11.1 Å². The summed E-state index contributed by atoms with van der Waals surface area (Å²) in [5.41, 5.74) is 5.18. The lowest BCUT2D eigenvalue weighted by Gasteiger charge is -2.31. The second kappa shape index (κ2) is 13.3. The first-order valence-corrected chi connectivity index (χ1v) is 15.1. The molecule has 1 amide bonds. The number of benzene rings is 3. The third-order valence-corrected chi connectivity index (χ3v) is 7.96. The number of pyridine rings is 1. The van der Waals surface area contributed by atoms with Gasteiger partial charge in [0.25, 0.3) is 5.91 Å². The Balaban J connectivity index is 1.35. The van der Waals surface area contributed by atoms with E-state index in [9.17, 15) is 9.59 Å². The summed E-state index contributed by atoms with van der Waals surface area (Å²) in [7, 11) is 1.63. The Bertz CT molecular complexity index is 1610.